The fourth-order valence-electron chi connectivity index (χ4n) is 4.03. The minimum Gasteiger partial charge on any atom is -0.481 e. The monoisotopic (exact) mass is 484 g/mol. The number of rotatable bonds is 8. The molecule has 35 heavy (non-hydrogen) atoms. The number of aryl methyl sites for hydroxylation is 1. The molecular formula is C24H26F2N6O3. The van der Waals surface area contributed by atoms with E-state index in [1.54, 1.807) is 36.4 Å². The van der Waals surface area contributed by atoms with Gasteiger partial charge < -0.3 is 19.7 Å². The first-order chi connectivity index (χ1) is 16.8. The number of hydrogen-bond donors (Lipinski definition) is 1. The molecule has 1 aliphatic heterocycles. The minimum atomic E-state index is -3.02. The number of aromatic nitrogens is 4. The first kappa shape index (κ1) is 24.2. The molecule has 0 spiro atoms. The first-order valence-electron chi connectivity index (χ1n) is 11.1. The van der Waals surface area contributed by atoms with Crippen molar-refractivity contribution in [1.29, 1.82) is 0 Å². The first-order valence-corrected chi connectivity index (χ1v) is 11.1. The normalized spacial score (nSPS) is 16.3. The Morgan fingerprint density at radius 1 is 1.17 bits per heavy atom. The summed E-state index contributed by atoms with van der Waals surface area (Å²) >= 11 is 0. The number of anilines is 1. The second-order valence-electron chi connectivity index (χ2n) is 8.20. The molecule has 2 atom stereocenters. The molecule has 4 heterocycles. The van der Waals surface area contributed by atoms with Crippen molar-refractivity contribution >= 4 is 11.7 Å². The van der Waals surface area contributed by atoms with E-state index in [1.807, 2.05) is 19.1 Å². The molecular weight excluding hydrogens is 458 g/mol. The number of nitrogens with zero attached hydrogens (tertiary/aromatic N) is 5. The molecule has 1 fully saturated rings. The maximum atomic E-state index is 13.2. The van der Waals surface area contributed by atoms with Gasteiger partial charge in [-0.3, -0.25) is 4.79 Å². The van der Waals surface area contributed by atoms with Crippen LogP contribution in [0.15, 0.2) is 42.7 Å². The summed E-state index contributed by atoms with van der Waals surface area (Å²) in [6, 6.07) is 8.49. The summed E-state index contributed by atoms with van der Waals surface area (Å²) in [6.07, 6.45) is 4.13. The summed E-state index contributed by atoms with van der Waals surface area (Å²) in [7, 11) is 1.37. The lowest BCUT2D eigenvalue weighted by Crippen LogP contribution is -2.34. The second-order valence-corrected chi connectivity index (χ2v) is 8.20. The van der Waals surface area contributed by atoms with E-state index in [-0.39, 0.29) is 23.7 Å². The van der Waals surface area contributed by atoms with Crippen molar-refractivity contribution in [3.8, 4) is 23.1 Å². The third kappa shape index (κ3) is 5.79. The molecule has 1 amide bonds. The molecule has 1 aliphatic rings. The van der Waals surface area contributed by atoms with Gasteiger partial charge in [-0.25, -0.2) is 15.0 Å². The predicted molar refractivity (Wildman–Crippen MR) is 124 cm³/mol. The van der Waals surface area contributed by atoms with Gasteiger partial charge in [-0.2, -0.15) is 13.8 Å². The number of carbonyl (C=O) groups excluding carboxylic acids is 1. The molecule has 11 heteroatoms. The Bertz CT molecular complexity index is 1180. The van der Waals surface area contributed by atoms with E-state index in [2.05, 4.69) is 30.0 Å². The van der Waals surface area contributed by atoms with Crippen molar-refractivity contribution in [2.45, 2.75) is 38.8 Å². The quantitative estimate of drug-likeness (QED) is 0.517. The molecule has 1 saturated heterocycles. The number of nitrogens with one attached hydrogen (secondary N) is 1. The van der Waals surface area contributed by atoms with Crippen LogP contribution in [0.25, 0.3) is 11.4 Å². The molecule has 3 aromatic rings. The van der Waals surface area contributed by atoms with Crippen LogP contribution in [0.5, 0.6) is 11.8 Å². The number of alkyl halides is 2. The van der Waals surface area contributed by atoms with Gasteiger partial charge in [0.2, 0.25) is 17.7 Å². The fourth-order valence-corrected chi connectivity index (χ4v) is 4.03. The summed E-state index contributed by atoms with van der Waals surface area (Å²) < 4.78 is 34.8. The Morgan fingerprint density at radius 2 is 1.91 bits per heavy atom. The molecule has 4 rings (SSSR count). The Labute approximate surface area is 201 Å². The fraction of sp³-hybridized carbons (Fsp3) is 0.375. The average molecular weight is 485 g/mol. The Hall–Kier alpha value is -3.89. The van der Waals surface area contributed by atoms with Crippen molar-refractivity contribution < 1.29 is 23.0 Å². The lowest BCUT2D eigenvalue weighted by Gasteiger charge is -2.22. The summed E-state index contributed by atoms with van der Waals surface area (Å²) in [5.41, 5.74) is 2.15. The summed E-state index contributed by atoms with van der Waals surface area (Å²) in [4.78, 5) is 31.9. The lowest BCUT2D eigenvalue weighted by molar-refractivity contribution is -0.131. The summed E-state index contributed by atoms with van der Waals surface area (Å²) in [6.45, 7) is 1.66. The number of pyridine rings is 2. The summed E-state index contributed by atoms with van der Waals surface area (Å²) in [5, 5.41) is 3.39. The van der Waals surface area contributed by atoms with Crippen molar-refractivity contribution in [3.63, 3.8) is 0 Å². The van der Waals surface area contributed by atoms with Gasteiger partial charge in [-0.15, -0.1) is 0 Å². The van der Waals surface area contributed by atoms with Crippen LogP contribution in [-0.2, 0) is 4.79 Å². The van der Waals surface area contributed by atoms with Crippen LogP contribution < -0.4 is 14.8 Å². The van der Waals surface area contributed by atoms with E-state index >= 15 is 0 Å². The number of carbonyl (C=O) groups is 1. The van der Waals surface area contributed by atoms with Crippen LogP contribution in [0.2, 0.25) is 0 Å². The van der Waals surface area contributed by atoms with Crippen molar-refractivity contribution in [1.82, 2.24) is 24.8 Å². The van der Waals surface area contributed by atoms with Gasteiger partial charge in [-0.05, 0) is 44.0 Å². The van der Waals surface area contributed by atoms with Gasteiger partial charge in [0.15, 0.2) is 5.82 Å². The van der Waals surface area contributed by atoms with Crippen molar-refractivity contribution in [3.05, 3.63) is 54.0 Å². The Balaban J connectivity index is 1.40. The number of ether oxygens (including phenoxy) is 2. The van der Waals surface area contributed by atoms with Crippen LogP contribution in [0.3, 0.4) is 0 Å². The van der Waals surface area contributed by atoms with E-state index in [9.17, 15) is 13.6 Å². The molecule has 0 radical (unpaired) electrons. The highest BCUT2D eigenvalue weighted by Crippen LogP contribution is 2.28. The second kappa shape index (κ2) is 10.6. The van der Waals surface area contributed by atoms with E-state index < -0.39 is 12.5 Å². The van der Waals surface area contributed by atoms with Gasteiger partial charge in [0, 0.05) is 49.2 Å². The van der Waals surface area contributed by atoms with Gasteiger partial charge >= 0.3 is 6.61 Å². The third-order valence-electron chi connectivity index (χ3n) is 5.83. The molecule has 0 aliphatic carbocycles. The van der Waals surface area contributed by atoms with Crippen molar-refractivity contribution in [2.24, 2.45) is 0 Å². The van der Waals surface area contributed by atoms with Gasteiger partial charge in [0.1, 0.15) is 5.82 Å². The van der Waals surface area contributed by atoms with Gasteiger partial charge in [0.25, 0.3) is 0 Å². The van der Waals surface area contributed by atoms with E-state index in [1.165, 1.54) is 13.2 Å². The molecule has 0 unspecified atom stereocenters. The standard InChI is InChI=1S/C24H26F2N6O3/c1-14(16-11-20(34-3)31-21(12-16)35-24(25)26)23(33)32-10-7-17(13-32)30-19-6-5-18(15(2)29-19)22-27-8-4-9-28-22/h4-6,8-9,11-12,14,17,24H,7,10,13H2,1-3H3,(H,29,30)/t14-,17+/m1/s1. The molecule has 3 aromatic heterocycles. The molecule has 1 N–H and O–H groups in total. The SMILES string of the molecule is COc1cc([C@@H](C)C(=O)N2CC[C@H](Nc3ccc(-c4ncccn4)c(C)n3)C2)cc(OC(F)F)n1. The zero-order valence-corrected chi connectivity index (χ0v) is 19.6. The lowest BCUT2D eigenvalue weighted by atomic mass is 10.0. The Morgan fingerprint density at radius 3 is 2.60 bits per heavy atom. The van der Waals surface area contributed by atoms with E-state index in [0.717, 1.165) is 17.7 Å². The zero-order valence-electron chi connectivity index (χ0n) is 19.6. The highest BCUT2D eigenvalue weighted by Gasteiger charge is 2.30. The number of hydrogen-bond acceptors (Lipinski definition) is 8. The number of halogens is 2. The zero-order chi connectivity index (χ0) is 24.9. The van der Waals surface area contributed by atoms with Crippen LogP contribution in [0, 0.1) is 6.92 Å². The predicted octanol–water partition coefficient (Wildman–Crippen LogP) is 3.67. The summed E-state index contributed by atoms with van der Waals surface area (Å²) in [5.74, 6) is 0.431. The smallest absolute Gasteiger partial charge is 0.388 e. The maximum Gasteiger partial charge on any atom is 0.388 e. The third-order valence-corrected chi connectivity index (χ3v) is 5.83. The number of amides is 1. The average Bonchev–Trinajstić information content (AvgIpc) is 3.31. The highest BCUT2D eigenvalue weighted by atomic mass is 19.3. The van der Waals surface area contributed by atoms with E-state index in [0.29, 0.717) is 30.3 Å². The topological polar surface area (TPSA) is 102 Å². The molecule has 0 bridgehead atoms. The van der Waals surface area contributed by atoms with Crippen LogP contribution in [-0.4, -0.2) is 63.6 Å². The largest absolute Gasteiger partial charge is 0.481 e. The molecule has 0 aromatic carbocycles. The van der Waals surface area contributed by atoms with Crippen LogP contribution in [0.1, 0.15) is 30.5 Å². The number of methoxy groups -OCH3 is 1. The molecule has 9 nitrogen and oxygen atoms in total. The van der Waals surface area contributed by atoms with Crippen LogP contribution >= 0.6 is 0 Å². The van der Waals surface area contributed by atoms with Crippen LogP contribution in [0.4, 0.5) is 14.6 Å². The van der Waals surface area contributed by atoms with Gasteiger partial charge in [0.05, 0.1) is 18.7 Å². The molecule has 0 saturated carbocycles. The van der Waals surface area contributed by atoms with Gasteiger partial charge in [-0.1, -0.05) is 0 Å². The Kier molecular flexibility index (Phi) is 7.33. The highest BCUT2D eigenvalue weighted by molar-refractivity contribution is 5.84. The molecule has 184 valence electrons. The minimum absolute atomic E-state index is 0.0292. The maximum absolute atomic E-state index is 13.2. The van der Waals surface area contributed by atoms with Crippen molar-refractivity contribution in [2.75, 3.05) is 25.5 Å². The van der Waals surface area contributed by atoms with E-state index in [4.69, 9.17) is 4.74 Å². The number of likely N-dealkylation sites (tertiary alicyclic amines) is 1.